The fourth-order valence-electron chi connectivity index (χ4n) is 1.89. The monoisotopic (exact) mass is 404 g/mol. The number of ether oxygens (including phenoxy) is 1. The summed E-state index contributed by atoms with van der Waals surface area (Å²) in [5.41, 5.74) is 0.694. The van der Waals surface area contributed by atoms with Gasteiger partial charge in [-0.1, -0.05) is 24.3 Å². The Hall–Kier alpha value is -3.00. The van der Waals surface area contributed by atoms with E-state index < -0.39 is 23.4 Å². The van der Waals surface area contributed by atoms with Gasteiger partial charge in [0.2, 0.25) is 0 Å². The lowest BCUT2D eigenvalue weighted by Gasteiger charge is -2.06. The van der Waals surface area contributed by atoms with Crippen LogP contribution in [0.3, 0.4) is 0 Å². The molecule has 0 heterocycles. The predicted molar refractivity (Wildman–Crippen MR) is 95.9 cm³/mol. The number of amides is 1. The second-order valence-corrected chi connectivity index (χ2v) is 5.64. The van der Waals surface area contributed by atoms with Crippen molar-refractivity contribution < 1.29 is 19.2 Å². The first-order valence-corrected chi connectivity index (χ1v) is 7.89. The molecule has 2 rings (SSSR count). The summed E-state index contributed by atoms with van der Waals surface area (Å²) < 4.78 is 5.51. The highest BCUT2D eigenvalue weighted by Gasteiger charge is 2.11. The molecule has 0 saturated heterocycles. The van der Waals surface area contributed by atoms with Crippen molar-refractivity contribution in [1.82, 2.24) is 0 Å². The van der Waals surface area contributed by atoms with Gasteiger partial charge in [-0.3, -0.25) is 14.9 Å². The number of carbonyl (C=O) groups is 2. The van der Waals surface area contributed by atoms with Crippen LogP contribution in [0.4, 0.5) is 11.4 Å². The van der Waals surface area contributed by atoms with Crippen LogP contribution >= 0.6 is 15.9 Å². The Morgan fingerprint density at radius 3 is 2.56 bits per heavy atom. The van der Waals surface area contributed by atoms with Crippen LogP contribution in [0.15, 0.2) is 59.1 Å². The molecule has 0 radical (unpaired) electrons. The Bertz CT molecular complexity index is 835. The summed E-state index contributed by atoms with van der Waals surface area (Å²) in [5.74, 6) is -1.28. The number of benzene rings is 2. The predicted octanol–water partition coefficient (Wildman–Crippen LogP) is 3.55. The zero-order chi connectivity index (χ0) is 18.2. The van der Waals surface area contributed by atoms with Gasteiger partial charge < -0.3 is 10.1 Å². The second kappa shape index (κ2) is 8.74. The SMILES string of the molecule is O=C(COC(=O)/C=C/c1ccccc1[N+](=O)[O-])Nc1ccccc1Br. The number of nitrogens with one attached hydrogen (secondary N) is 1. The lowest BCUT2D eigenvalue weighted by atomic mass is 10.1. The van der Waals surface area contributed by atoms with Crippen molar-refractivity contribution in [2.75, 3.05) is 11.9 Å². The van der Waals surface area contributed by atoms with Gasteiger partial charge in [0.25, 0.3) is 11.6 Å². The molecule has 8 heteroatoms. The number of hydrogen-bond donors (Lipinski definition) is 1. The number of hydrogen-bond acceptors (Lipinski definition) is 5. The van der Waals surface area contributed by atoms with Gasteiger partial charge >= 0.3 is 5.97 Å². The van der Waals surface area contributed by atoms with Crippen molar-refractivity contribution in [2.45, 2.75) is 0 Å². The van der Waals surface area contributed by atoms with Crippen LogP contribution < -0.4 is 5.32 Å². The minimum atomic E-state index is -0.777. The summed E-state index contributed by atoms with van der Waals surface area (Å²) in [6.45, 7) is -0.471. The molecule has 0 atom stereocenters. The Morgan fingerprint density at radius 2 is 1.84 bits per heavy atom. The molecule has 0 spiro atoms. The molecule has 0 aliphatic rings. The van der Waals surface area contributed by atoms with Gasteiger partial charge in [0.15, 0.2) is 6.61 Å². The topological polar surface area (TPSA) is 98.5 Å². The molecule has 25 heavy (non-hydrogen) atoms. The highest BCUT2D eigenvalue weighted by molar-refractivity contribution is 9.10. The highest BCUT2D eigenvalue weighted by atomic mass is 79.9. The van der Waals surface area contributed by atoms with Gasteiger partial charge in [-0.05, 0) is 40.2 Å². The fourth-order valence-corrected chi connectivity index (χ4v) is 2.27. The molecule has 7 nitrogen and oxygen atoms in total. The third-order valence-corrected chi connectivity index (χ3v) is 3.72. The van der Waals surface area contributed by atoms with Crippen molar-refractivity contribution in [1.29, 1.82) is 0 Å². The first kappa shape index (κ1) is 18.3. The number of nitro benzene ring substituents is 1. The standard InChI is InChI=1S/C17H13BrN2O5/c18-13-6-2-3-7-14(13)19-16(21)11-25-17(22)10-9-12-5-1-4-8-15(12)20(23)24/h1-10H,11H2,(H,19,21)/b10-9+. The van der Waals surface area contributed by atoms with Crippen molar-refractivity contribution in [3.8, 4) is 0 Å². The Balaban J connectivity index is 1.89. The Kier molecular flexibility index (Phi) is 6.41. The van der Waals surface area contributed by atoms with E-state index in [2.05, 4.69) is 21.2 Å². The molecule has 0 bridgehead atoms. The number of rotatable bonds is 6. The van der Waals surface area contributed by atoms with Gasteiger partial charge in [0, 0.05) is 16.6 Å². The smallest absolute Gasteiger partial charge is 0.331 e. The summed E-state index contributed by atoms with van der Waals surface area (Å²) in [7, 11) is 0. The summed E-state index contributed by atoms with van der Waals surface area (Å²) in [6.07, 6.45) is 2.31. The van der Waals surface area contributed by atoms with Gasteiger partial charge in [-0.25, -0.2) is 4.79 Å². The third-order valence-electron chi connectivity index (χ3n) is 3.03. The molecular weight excluding hydrogens is 392 g/mol. The molecule has 0 aliphatic carbocycles. The van der Waals surface area contributed by atoms with Crippen molar-refractivity contribution >= 4 is 45.3 Å². The largest absolute Gasteiger partial charge is 0.452 e. The van der Waals surface area contributed by atoms with Crippen LogP contribution in [-0.2, 0) is 14.3 Å². The van der Waals surface area contributed by atoms with Crippen LogP contribution in [0.5, 0.6) is 0 Å². The minimum Gasteiger partial charge on any atom is -0.452 e. The summed E-state index contributed by atoms with van der Waals surface area (Å²) in [6, 6.07) is 13.0. The van der Waals surface area contributed by atoms with E-state index >= 15 is 0 Å². The quantitative estimate of drug-likeness (QED) is 0.343. The second-order valence-electron chi connectivity index (χ2n) is 4.78. The lowest BCUT2D eigenvalue weighted by Crippen LogP contribution is -2.20. The number of esters is 1. The average molecular weight is 405 g/mol. The van der Waals surface area contributed by atoms with Crippen LogP contribution in [0.25, 0.3) is 6.08 Å². The highest BCUT2D eigenvalue weighted by Crippen LogP contribution is 2.21. The van der Waals surface area contributed by atoms with E-state index in [9.17, 15) is 19.7 Å². The minimum absolute atomic E-state index is 0.127. The number of nitro groups is 1. The van der Waals surface area contributed by atoms with E-state index in [4.69, 9.17) is 4.74 Å². The number of carbonyl (C=O) groups excluding carboxylic acids is 2. The number of halogens is 1. The maximum atomic E-state index is 11.8. The Morgan fingerprint density at radius 1 is 1.16 bits per heavy atom. The molecule has 0 saturated carbocycles. The Labute approximate surface area is 151 Å². The number of nitrogens with zero attached hydrogens (tertiary/aromatic N) is 1. The van der Waals surface area contributed by atoms with Gasteiger partial charge in [-0.2, -0.15) is 0 Å². The fraction of sp³-hybridized carbons (Fsp3) is 0.0588. The molecule has 1 amide bonds. The molecule has 1 N–H and O–H groups in total. The maximum absolute atomic E-state index is 11.8. The van der Waals surface area contributed by atoms with Crippen molar-refractivity contribution in [3.05, 3.63) is 74.8 Å². The van der Waals surface area contributed by atoms with Gasteiger partial charge in [0.05, 0.1) is 16.2 Å². The van der Waals surface area contributed by atoms with E-state index in [1.54, 1.807) is 30.3 Å². The number of anilines is 1. The molecule has 0 aliphatic heterocycles. The van der Waals surface area contributed by atoms with Crippen LogP contribution in [-0.4, -0.2) is 23.4 Å². The molecule has 128 valence electrons. The maximum Gasteiger partial charge on any atom is 0.331 e. The summed E-state index contributed by atoms with van der Waals surface area (Å²) in [5, 5.41) is 13.5. The van der Waals surface area contributed by atoms with Crippen molar-refractivity contribution in [3.63, 3.8) is 0 Å². The van der Waals surface area contributed by atoms with Gasteiger partial charge in [-0.15, -0.1) is 0 Å². The van der Waals surface area contributed by atoms with E-state index in [0.717, 1.165) is 6.08 Å². The molecule has 0 unspecified atom stereocenters. The first-order chi connectivity index (χ1) is 12.0. The summed E-state index contributed by atoms with van der Waals surface area (Å²) in [4.78, 5) is 33.8. The van der Waals surface area contributed by atoms with Crippen LogP contribution in [0, 0.1) is 10.1 Å². The molecular formula is C17H13BrN2O5. The molecule has 0 fully saturated rings. The molecule has 2 aromatic rings. The van der Waals surface area contributed by atoms with E-state index in [-0.39, 0.29) is 11.3 Å². The molecule has 0 aromatic heterocycles. The van der Waals surface area contributed by atoms with Crippen LogP contribution in [0.2, 0.25) is 0 Å². The van der Waals surface area contributed by atoms with E-state index in [0.29, 0.717) is 10.2 Å². The zero-order valence-electron chi connectivity index (χ0n) is 12.8. The van der Waals surface area contributed by atoms with Gasteiger partial charge in [0.1, 0.15) is 0 Å². The van der Waals surface area contributed by atoms with E-state index in [1.165, 1.54) is 24.3 Å². The lowest BCUT2D eigenvalue weighted by molar-refractivity contribution is -0.385. The summed E-state index contributed by atoms with van der Waals surface area (Å²) >= 11 is 3.29. The number of para-hydroxylation sites is 2. The normalized spacial score (nSPS) is 10.4. The van der Waals surface area contributed by atoms with Crippen LogP contribution in [0.1, 0.15) is 5.56 Å². The first-order valence-electron chi connectivity index (χ1n) is 7.10. The third kappa shape index (κ3) is 5.54. The average Bonchev–Trinajstić information content (AvgIpc) is 2.60. The van der Waals surface area contributed by atoms with E-state index in [1.807, 2.05) is 0 Å². The zero-order valence-corrected chi connectivity index (χ0v) is 14.4. The molecule has 2 aromatic carbocycles. The van der Waals surface area contributed by atoms with Crippen molar-refractivity contribution in [2.24, 2.45) is 0 Å².